The van der Waals surface area contributed by atoms with E-state index in [9.17, 15) is 29.7 Å². The maximum atomic E-state index is 11.6. The highest BCUT2D eigenvalue weighted by Gasteiger charge is 2.46. The number of aliphatic hydroxyl groups excluding tert-OH is 2. The van der Waals surface area contributed by atoms with Crippen molar-refractivity contribution in [3.05, 3.63) is 11.8 Å². The minimum atomic E-state index is -1.62. The van der Waals surface area contributed by atoms with Crippen LogP contribution in [0.5, 0.6) is 0 Å². The first-order chi connectivity index (χ1) is 12.1. The monoisotopic (exact) mass is 374 g/mol. The van der Waals surface area contributed by atoms with Crippen LogP contribution in [-0.4, -0.2) is 76.1 Å². The topological polar surface area (TPSA) is 204 Å². The van der Waals surface area contributed by atoms with E-state index in [-0.39, 0.29) is 0 Å². The third-order valence-corrected chi connectivity index (χ3v) is 3.43. The minimum Gasteiger partial charge on any atom is -0.477 e. The van der Waals surface area contributed by atoms with Gasteiger partial charge in [0.1, 0.15) is 6.10 Å². The molecular weight excluding hydrogens is 352 g/mol. The fourth-order valence-electron chi connectivity index (χ4n) is 2.50. The van der Waals surface area contributed by atoms with E-state index >= 15 is 0 Å². The van der Waals surface area contributed by atoms with Gasteiger partial charge in [-0.3, -0.25) is 15.0 Å². The number of nitrogens with one attached hydrogen (secondary N) is 3. The number of rotatable bonds is 7. The predicted octanol–water partition coefficient (Wildman–Crippen LogP) is -3.01. The van der Waals surface area contributed by atoms with Gasteiger partial charge >= 0.3 is 11.9 Å². The molecule has 1 aliphatic heterocycles. The van der Waals surface area contributed by atoms with E-state index in [0.29, 0.717) is 0 Å². The zero-order valence-corrected chi connectivity index (χ0v) is 14.1. The zero-order valence-electron chi connectivity index (χ0n) is 14.1. The second-order valence-electron chi connectivity index (χ2n) is 5.55. The second kappa shape index (κ2) is 9.01. The molecule has 0 aromatic heterocycles. The van der Waals surface area contributed by atoms with Gasteiger partial charge in [0.15, 0.2) is 18.2 Å². The van der Waals surface area contributed by atoms with E-state index in [1.54, 1.807) is 0 Å². The summed E-state index contributed by atoms with van der Waals surface area (Å²) in [7, 11) is 0. The number of carboxylic acid groups (broad SMARTS) is 1. The summed E-state index contributed by atoms with van der Waals surface area (Å²) in [5, 5.41) is 40.7. The van der Waals surface area contributed by atoms with Gasteiger partial charge in [0.25, 0.3) is 0 Å². The average molecular weight is 374 g/mol. The highest BCUT2D eigenvalue weighted by atomic mass is 16.6. The summed E-state index contributed by atoms with van der Waals surface area (Å²) in [6.45, 7) is 1.41. The molecule has 5 atom stereocenters. The third-order valence-electron chi connectivity index (χ3n) is 3.43. The number of nitrogens with two attached hydrogens (primary N) is 1. The Labute approximate surface area is 148 Å². The molecule has 0 bridgehead atoms. The van der Waals surface area contributed by atoms with Gasteiger partial charge < -0.3 is 41.2 Å². The molecule has 1 heterocycles. The number of amides is 1. The van der Waals surface area contributed by atoms with Crippen LogP contribution >= 0.6 is 0 Å². The Kier molecular flexibility index (Phi) is 7.34. The van der Waals surface area contributed by atoms with E-state index < -0.39 is 66.6 Å². The molecule has 0 saturated heterocycles. The first-order valence-corrected chi connectivity index (χ1v) is 7.52. The Balaban J connectivity index is 3.38. The van der Waals surface area contributed by atoms with Gasteiger partial charge in [-0.05, 0) is 6.08 Å². The lowest BCUT2D eigenvalue weighted by Crippen LogP contribution is -2.64. The summed E-state index contributed by atoms with van der Waals surface area (Å²) in [5.41, 5.74) is 5.29. The van der Waals surface area contributed by atoms with Crippen LogP contribution in [-0.2, 0) is 23.9 Å². The molecule has 1 rings (SSSR count). The van der Waals surface area contributed by atoms with Crippen molar-refractivity contribution in [1.29, 1.82) is 5.41 Å². The number of aliphatic carboxylic acids is 1. The van der Waals surface area contributed by atoms with Crippen LogP contribution < -0.4 is 16.4 Å². The number of hydrogen-bond donors (Lipinski definition) is 7. The lowest BCUT2D eigenvalue weighted by Gasteiger charge is -2.41. The Bertz CT molecular complexity index is 608. The van der Waals surface area contributed by atoms with Gasteiger partial charge in [-0.15, -0.1) is 0 Å². The predicted molar refractivity (Wildman–Crippen MR) is 85.7 cm³/mol. The summed E-state index contributed by atoms with van der Waals surface area (Å²) < 4.78 is 10.3. The fourth-order valence-corrected chi connectivity index (χ4v) is 2.50. The Morgan fingerprint density at radius 1 is 1.38 bits per heavy atom. The van der Waals surface area contributed by atoms with Crippen LogP contribution in [0.25, 0.3) is 0 Å². The van der Waals surface area contributed by atoms with Crippen molar-refractivity contribution in [2.45, 2.75) is 44.2 Å². The van der Waals surface area contributed by atoms with E-state index in [1.165, 1.54) is 6.92 Å². The second-order valence-corrected chi connectivity index (χ2v) is 5.55. The van der Waals surface area contributed by atoms with Crippen LogP contribution in [0.1, 0.15) is 13.8 Å². The number of carbonyl (C=O) groups excluding carboxylic acids is 2. The number of hydrogen-bond acceptors (Lipinski definition) is 8. The highest BCUT2D eigenvalue weighted by molar-refractivity contribution is 5.85. The lowest BCUT2D eigenvalue weighted by atomic mass is 9.91. The number of aliphatic hydroxyl groups is 2. The molecule has 8 N–H and O–H groups in total. The number of carbonyl (C=O) groups is 3. The first-order valence-electron chi connectivity index (χ1n) is 7.52. The molecular formula is C14H22N4O8. The fraction of sp³-hybridized carbons (Fsp3) is 0.571. The molecule has 12 heteroatoms. The van der Waals surface area contributed by atoms with Crippen molar-refractivity contribution in [3.63, 3.8) is 0 Å². The van der Waals surface area contributed by atoms with Gasteiger partial charge in [0.2, 0.25) is 11.7 Å². The van der Waals surface area contributed by atoms with Gasteiger partial charge in [0, 0.05) is 13.8 Å². The smallest absolute Gasteiger partial charge is 0.370 e. The van der Waals surface area contributed by atoms with E-state index in [1.807, 2.05) is 0 Å². The third kappa shape index (κ3) is 5.60. The summed E-state index contributed by atoms with van der Waals surface area (Å²) in [5.74, 6) is -3.91. The van der Waals surface area contributed by atoms with Gasteiger partial charge in [-0.2, -0.15) is 0 Å². The largest absolute Gasteiger partial charge is 0.477 e. The standard InChI is InChI=1S/C14H22N4O8/c1-5(20)17-10-7(18-14(15)16)3-9(13(23)24)26-12(10)11(8(22)4-19)25-6(2)21/h3,7-8,10-12,19,22H,4H2,1-2H3,(H,17,20)(H,23,24)(H4,15,16,18)/t7-,8+,10+,11+,12+/m0/s1. The van der Waals surface area contributed by atoms with Gasteiger partial charge in [-0.25, -0.2) is 4.79 Å². The highest BCUT2D eigenvalue weighted by Crippen LogP contribution is 2.25. The van der Waals surface area contributed by atoms with Crippen molar-refractivity contribution >= 4 is 23.8 Å². The van der Waals surface area contributed by atoms with Crippen LogP contribution in [0.15, 0.2) is 11.8 Å². The Hall–Kier alpha value is -2.86. The van der Waals surface area contributed by atoms with E-state index in [4.69, 9.17) is 20.6 Å². The number of guanidine groups is 1. The van der Waals surface area contributed by atoms with Crippen molar-refractivity contribution in [2.75, 3.05) is 6.61 Å². The number of ether oxygens (including phenoxy) is 2. The van der Waals surface area contributed by atoms with Crippen LogP contribution in [0, 0.1) is 5.41 Å². The molecule has 0 radical (unpaired) electrons. The molecule has 0 aromatic rings. The van der Waals surface area contributed by atoms with Gasteiger partial charge in [-0.1, -0.05) is 0 Å². The van der Waals surface area contributed by atoms with Crippen molar-refractivity contribution in [2.24, 2.45) is 5.73 Å². The molecule has 1 aliphatic rings. The summed E-state index contributed by atoms with van der Waals surface area (Å²) in [6.07, 6.45) is -3.44. The summed E-state index contributed by atoms with van der Waals surface area (Å²) >= 11 is 0. The molecule has 0 saturated carbocycles. The van der Waals surface area contributed by atoms with Crippen molar-refractivity contribution < 1.29 is 39.2 Å². The maximum absolute atomic E-state index is 11.6. The molecule has 12 nitrogen and oxygen atoms in total. The first kappa shape index (κ1) is 21.2. The lowest BCUT2D eigenvalue weighted by molar-refractivity contribution is -0.172. The average Bonchev–Trinajstić information content (AvgIpc) is 2.52. The molecule has 0 aliphatic carbocycles. The Morgan fingerprint density at radius 3 is 2.42 bits per heavy atom. The molecule has 1 amide bonds. The quantitative estimate of drug-likeness (QED) is 0.136. The Morgan fingerprint density at radius 2 is 2.00 bits per heavy atom. The van der Waals surface area contributed by atoms with Crippen LogP contribution in [0.4, 0.5) is 0 Å². The number of carboxylic acids is 1. The number of esters is 1. The van der Waals surface area contributed by atoms with Crippen LogP contribution in [0.3, 0.4) is 0 Å². The van der Waals surface area contributed by atoms with Crippen LogP contribution in [0.2, 0.25) is 0 Å². The molecule has 0 aromatic carbocycles. The summed E-state index contributed by atoms with van der Waals surface area (Å²) in [4.78, 5) is 34.2. The summed E-state index contributed by atoms with van der Waals surface area (Å²) in [6, 6.07) is -2.10. The maximum Gasteiger partial charge on any atom is 0.370 e. The molecule has 0 spiro atoms. The molecule has 26 heavy (non-hydrogen) atoms. The van der Waals surface area contributed by atoms with Crippen molar-refractivity contribution in [3.8, 4) is 0 Å². The van der Waals surface area contributed by atoms with Gasteiger partial charge in [0.05, 0.1) is 18.7 Å². The van der Waals surface area contributed by atoms with Crippen molar-refractivity contribution in [1.82, 2.24) is 10.6 Å². The van der Waals surface area contributed by atoms with E-state index in [0.717, 1.165) is 13.0 Å². The van der Waals surface area contributed by atoms with E-state index in [2.05, 4.69) is 10.6 Å². The SMILES string of the molecule is CC(=O)N[C@H]1[C@H]([C@H](OC(C)=O)[C@H](O)CO)OC(C(=O)O)=C[C@@H]1NC(=N)N. The molecule has 146 valence electrons. The normalized spacial score (nSPS) is 24.3. The minimum absolute atomic E-state index is 0.515. The molecule has 0 unspecified atom stereocenters. The zero-order chi connectivity index (χ0) is 20.0. The molecule has 0 fully saturated rings.